The lowest BCUT2D eigenvalue weighted by Gasteiger charge is -2.25. The van der Waals surface area contributed by atoms with Gasteiger partial charge >= 0.3 is 0 Å². The Morgan fingerprint density at radius 1 is 0.977 bits per heavy atom. The Balaban J connectivity index is 1.41. The van der Waals surface area contributed by atoms with Gasteiger partial charge in [-0.3, -0.25) is 9.59 Å². The summed E-state index contributed by atoms with van der Waals surface area (Å²) in [4.78, 5) is 32.6. The second-order valence-corrected chi connectivity index (χ2v) is 11.8. The van der Waals surface area contributed by atoms with Gasteiger partial charge in [0.05, 0.1) is 24.8 Å². The van der Waals surface area contributed by atoms with Gasteiger partial charge in [-0.25, -0.2) is 4.98 Å². The van der Waals surface area contributed by atoms with Crippen LogP contribution >= 0.6 is 11.3 Å². The summed E-state index contributed by atoms with van der Waals surface area (Å²) in [5.74, 6) is 0.246. The van der Waals surface area contributed by atoms with E-state index < -0.39 is 12.1 Å². The van der Waals surface area contributed by atoms with Gasteiger partial charge in [-0.1, -0.05) is 48.5 Å². The molecule has 0 radical (unpaired) electrons. The van der Waals surface area contributed by atoms with Crippen molar-refractivity contribution in [2.24, 2.45) is 0 Å². The van der Waals surface area contributed by atoms with E-state index in [1.165, 1.54) is 11.3 Å². The molecule has 2 amide bonds. The van der Waals surface area contributed by atoms with Crippen molar-refractivity contribution in [1.82, 2.24) is 20.5 Å². The minimum Gasteiger partial charge on any atom is -0.491 e. The summed E-state index contributed by atoms with van der Waals surface area (Å²) in [5.41, 5.74) is 3.71. The molecular weight excluding hydrogens is 560 g/mol. The summed E-state index contributed by atoms with van der Waals surface area (Å²) >= 11 is 1.51. The van der Waals surface area contributed by atoms with Crippen LogP contribution in [0.1, 0.15) is 56.4 Å². The zero-order valence-electron chi connectivity index (χ0n) is 25.1. The standard InChI is InChI=1S/C34H40N4O4S/c1-23(2)42-29-15-8-12-26(16-29)19-35-20-31(39)30(17-25-10-6-5-7-11-25)37-33(40)27-13-9-14-28(18-27)34(41)38(4)21-32-36-24(3)22-43-32/h5-16,18,22-23,30-31,35,39H,17,19-21H2,1-4H3,(H,37,40)/t30-,31+/m0/s1. The number of aliphatic hydroxyl groups is 1. The van der Waals surface area contributed by atoms with Crippen molar-refractivity contribution in [2.45, 2.75) is 58.5 Å². The highest BCUT2D eigenvalue weighted by atomic mass is 32.1. The van der Waals surface area contributed by atoms with E-state index in [0.717, 1.165) is 27.6 Å². The maximum absolute atomic E-state index is 13.4. The number of thiazole rings is 1. The molecule has 43 heavy (non-hydrogen) atoms. The molecule has 0 bridgehead atoms. The van der Waals surface area contributed by atoms with Gasteiger partial charge in [-0.2, -0.15) is 0 Å². The van der Waals surface area contributed by atoms with Crippen LogP contribution in [0.4, 0.5) is 0 Å². The molecule has 0 aliphatic carbocycles. The van der Waals surface area contributed by atoms with Crippen LogP contribution in [-0.2, 0) is 19.5 Å². The number of hydrogen-bond donors (Lipinski definition) is 3. The quantitative estimate of drug-likeness (QED) is 0.188. The van der Waals surface area contributed by atoms with Crippen LogP contribution in [0, 0.1) is 6.92 Å². The van der Waals surface area contributed by atoms with Crippen LogP contribution in [0.25, 0.3) is 0 Å². The van der Waals surface area contributed by atoms with Crippen molar-refractivity contribution in [2.75, 3.05) is 13.6 Å². The van der Waals surface area contributed by atoms with Gasteiger partial charge in [0.2, 0.25) is 0 Å². The Labute approximate surface area is 257 Å². The van der Waals surface area contributed by atoms with Crippen molar-refractivity contribution in [3.05, 3.63) is 117 Å². The summed E-state index contributed by atoms with van der Waals surface area (Å²) < 4.78 is 5.79. The van der Waals surface area contributed by atoms with Gasteiger partial charge in [0.1, 0.15) is 10.8 Å². The van der Waals surface area contributed by atoms with Crippen LogP contribution in [0.15, 0.2) is 84.2 Å². The highest BCUT2D eigenvalue weighted by molar-refractivity contribution is 7.09. The number of benzene rings is 3. The third kappa shape index (κ3) is 9.74. The number of nitrogens with one attached hydrogen (secondary N) is 2. The first-order valence-electron chi connectivity index (χ1n) is 14.4. The zero-order chi connectivity index (χ0) is 30.8. The lowest BCUT2D eigenvalue weighted by atomic mass is 10.00. The molecule has 0 saturated carbocycles. The molecule has 0 aliphatic heterocycles. The van der Waals surface area contributed by atoms with Crippen molar-refractivity contribution in [1.29, 1.82) is 0 Å². The number of hydrogen-bond acceptors (Lipinski definition) is 7. The minimum absolute atomic E-state index is 0.0833. The average molecular weight is 601 g/mol. The maximum Gasteiger partial charge on any atom is 0.253 e. The fourth-order valence-corrected chi connectivity index (χ4v) is 5.50. The lowest BCUT2D eigenvalue weighted by Crippen LogP contribution is -2.48. The van der Waals surface area contributed by atoms with Crippen molar-refractivity contribution in [3.8, 4) is 5.75 Å². The third-order valence-corrected chi connectivity index (χ3v) is 7.74. The molecular formula is C34H40N4O4S. The molecule has 2 atom stereocenters. The van der Waals surface area contributed by atoms with Crippen molar-refractivity contribution >= 4 is 23.2 Å². The first-order chi connectivity index (χ1) is 20.7. The minimum atomic E-state index is -0.864. The molecule has 0 spiro atoms. The van der Waals surface area contributed by atoms with Crippen LogP contribution in [0.3, 0.4) is 0 Å². The fraction of sp³-hybridized carbons (Fsp3) is 0.324. The van der Waals surface area contributed by atoms with E-state index >= 15 is 0 Å². The molecule has 1 heterocycles. The molecule has 3 aromatic carbocycles. The van der Waals surface area contributed by atoms with E-state index in [-0.39, 0.29) is 24.5 Å². The van der Waals surface area contributed by atoms with Crippen LogP contribution in [-0.4, -0.2) is 58.6 Å². The van der Waals surface area contributed by atoms with E-state index in [1.54, 1.807) is 36.2 Å². The second-order valence-electron chi connectivity index (χ2n) is 10.9. The highest BCUT2D eigenvalue weighted by Crippen LogP contribution is 2.16. The molecule has 0 aliphatic rings. The number of carbonyl (C=O) groups excluding carboxylic acids is 2. The first-order valence-corrected chi connectivity index (χ1v) is 15.3. The number of ether oxygens (including phenoxy) is 1. The fourth-order valence-electron chi connectivity index (χ4n) is 4.67. The van der Waals surface area contributed by atoms with E-state index in [1.807, 2.05) is 80.7 Å². The SMILES string of the molecule is Cc1csc(CN(C)C(=O)c2cccc(C(=O)N[C@@H](Cc3ccccc3)[C@H](O)CNCc3cccc(OC(C)C)c3)c2)n1. The Bertz CT molecular complexity index is 1490. The van der Waals surface area contributed by atoms with Crippen molar-refractivity contribution < 1.29 is 19.4 Å². The predicted molar refractivity (Wildman–Crippen MR) is 170 cm³/mol. The van der Waals surface area contributed by atoms with Crippen LogP contribution < -0.4 is 15.4 Å². The average Bonchev–Trinajstić information content (AvgIpc) is 3.40. The lowest BCUT2D eigenvalue weighted by molar-refractivity contribution is 0.0784. The highest BCUT2D eigenvalue weighted by Gasteiger charge is 2.23. The number of aromatic nitrogens is 1. The largest absolute Gasteiger partial charge is 0.491 e. The zero-order valence-corrected chi connectivity index (χ0v) is 25.9. The summed E-state index contributed by atoms with van der Waals surface area (Å²) in [6.07, 6.45) is -0.334. The molecule has 8 nitrogen and oxygen atoms in total. The molecule has 3 N–H and O–H groups in total. The van der Waals surface area contributed by atoms with Gasteiger partial charge in [0, 0.05) is 42.3 Å². The van der Waals surface area contributed by atoms with E-state index in [4.69, 9.17) is 4.74 Å². The topological polar surface area (TPSA) is 104 Å². The molecule has 4 rings (SSSR count). The predicted octanol–water partition coefficient (Wildman–Crippen LogP) is 5.00. The van der Waals surface area contributed by atoms with Gasteiger partial charge in [-0.15, -0.1) is 11.3 Å². The number of aliphatic hydroxyl groups excluding tert-OH is 1. The van der Waals surface area contributed by atoms with E-state index in [9.17, 15) is 14.7 Å². The Hall–Kier alpha value is -4.05. The smallest absolute Gasteiger partial charge is 0.253 e. The number of nitrogens with zero attached hydrogens (tertiary/aromatic N) is 2. The number of aryl methyl sites for hydroxylation is 1. The summed E-state index contributed by atoms with van der Waals surface area (Å²) in [6.45, 7) is 7.09. The Morgan fingerprint density at radius 2 is 1.70 bits per heavy atom. The molecule has 1 aromatic heterocycles. The van der Waals surface area contributed by atoms with Gasteiger partial charge in [0.25, 0.3) is 11.8 Å². The Morgan fingerprint density at radius 3 is 2.42 bits per heavy atom. The maximum atomic E-state index is 13.4. The summed E-state index contributed by atoms with van der Waals surface area (Å²) in [7, 11) is 1.72. The number of amides is 2. The molecule has 0 saturated heterocycles. The van der Waals surface area contributed by atoms with E-state index in [0.29, 0.717) is 30.6 Å². The summed E-state index contributed by atoms with van der Waals surface area (Å²) in [6, 6.07) is 23.7. The van der Waals surface area contributed by atoms with Crippen LogP contribution in [0.5, 0.6) is 5.75 Å². The second kappa shape index (κ2) is 15.4. The van der Waals surface area contributed by atoms with Gasteiger partial charge < -0.3 is 25.4 Å². The molecule has 226 valence electrons. The molecule has 0 fully saturated rings. The number of carbonyl (C=O) groups is 2. The first kappa shape index (κ1) is 31.9. The molecule has 9 heteroatoms. The van der Waals surface area contributed by atoms with Crippen LogP contribution in [0.2, 0.25) is 0 Å². The monoisotopic (exact) mass is 600 g/mol. The Kier molecular flexibility index (Phi) is 11.4. The third-order valence-electron chi connectivity index (χ3n) is 6.79. The molecule has 0 unspecified atom stereocenters. The summed E-state index contributed by atoms with van der Waals surface area (Å²) in [5, 5.41) is 20.3. The molecule has 4 aromatic rings. The number of rotatable bonds is 14. The van der Waals surface area contributed by atoms with Gasteiger partial charge in [0.15, 0.2) is 0 Å². The van der Waals surface area contributed by atoms with Gasteiger partial charge in [-0.05, 0) is 68.7 Å². The van der Waals surface area contributed by atoms with E-state index in [2.05, 4.69) is 15.6 Å². The van der Waals surface area contributed by atoms with Crippen molar-refractivity contribution in [3.63, 3.8) is 0 Å². The normalized spacial score (nSPS) is 12.5.